The Labute approximate surface area is 118 Å². The third-order valence-corrected chi connectivity index (χ3v) is 3.64. The average molecular weight is 285 g/mol. The lowest BCUT2D eigenvalue weighted by Gasteiger charge is -2.02. The zero-order valence-corrected chi connectivity index (χ0v) is 11.3. The summed E-state index contributed by atoms with van der Waals surface area (Å²) in [6.07, 6.45) is 4.89. The molecule has 0 radical (unpaired) electrons. The molecule has 100 valence electrons. The van der Waals surface area contributed by atoms with Crippen LogP contribution in [0.25, 0.3) is 11.0 Å². The van der Waals surface area contributed by atoms with Crippen LogP contribution in [0.1, 0.15) is 5.56 Å². The van der Waals surface area contributed by atoms with Gasteiger partial charge in [-0.15, -0.1) is 0 Å². The van der Waals surface area contributed by atoms with E-state index in [1.54, 1.807) is 6.08 Å². The van der Waals surface area contributed by atoms with Crippen LogP contribution >= 0.6 is 11.3 Å². The second kappa shape index (κ2) is 5.26. The van der Waals surface area contributed by atoms with Gasteiger partial charge in [0.1, 0.15) is 18.7 Å². The molecule has 2 heterocycles. The van der Waals surface area contributed by atoms with Crippen molar-refractivity contribution in [3.05, 3.63) is 63.7 Å². The van der Waals surface area contributed by atoms with Crippen LogP contribution in [0.2, 0.25) is 0 Å². The molecule has 0 aliphatic rings. The molecule has 0 saturated carbocycles. The van der Waals surface area contributed by atoms with Gasteiger partial charge in [0, 0.05) is 0 Å². The number of nitrogens with zero attached hydrogens (tertiary/aromatic N) is 3. The SMILES string of the molecule is C=CCOc1ccc(/C=c2/sc3ncnn3c2=O)cc1. The van der Waals surface area contributed by atoms with Gasteiger partial charge in [0.25, 0.3) is 5.56 Å². The zero-order chi connectivity index (χ0) is 13.9. The minimum atomic E-state index is -0.144. The minimum absolute atomic E-state index is 0.144. The predicted molar refractivity (Wildman–Crippen MR) is 78.1 cm³/mol. The number of benzene rings is 1. The highest BCUT2D eigenvalue weighted by Crippen LogP contribution is 2.12. The van der Waals surface area contributed by atoms with Gasteiger partial charge >= 0.3 is 0 Å². The second-order valence-corrected chi connectivity index (χ2v) is 5.05. The molecule has 2 aromatic heterocycles. The highest BCUT2D eigenvalue weighted by molar-refractivity contribution is 7.15. The summed E-state index contributed by atoms with van der Waals surface area (Å²) in [6, 6.07) is 7.51. The van der Waals surface area contributed by atoms with Crippen molar-refractivity contribution in [2.45, 2.75) is 0 Å². The summed E-state index contributed by atoms with van der Waals surface area (Å²) >= 11 is 1.32. The zero-order valence-electron chi connectivity index (χ0n) is 10.5. The molecule has 6 heteroatoms. The summed E-state index contributed by atoms with van der Waals surface area (Å²) in [4.78, 5) is 16.6. The Morgan fingerprint density at radius 3 is 2.85 bits per heavy atom. The normalized spacial score (nSPS) is 11.9. The summed E-state index contributed by atoms with van der Waals surface area (Å²) in [7, 11) is 0. The van der Waals surface area contributed by atoms with Gasteiger partial charge in [0.2, 0.25) is 4.96 Å². The number of thiazole rings is 1. The van der Waals surface area contributed by atoms with Crippen molar-refractivity contribution in [2.75, 3.05) is 6.61 Å². The Hall–Kier alpha value is -2.47. The summed E-state index contributed by atoms with van der Waals surface area (Å²) in [5, 5.41) is 3.88. The number of hydrogen-bond acceptors (Lipinski definition) is 5. The predicted octanol–water partition coefficient (Wildman–Crippen LogP) is 1.26. The van der Waals surface area contributed by atoms with Crippen LogP contribution in [0.5, 0.6) is 5.75 Å². The fourth-order valence-corrected chi connectivity index (χ4v) is 2.63. The number of aromatic nitrogens is 3. The molecule has 0 aliphatic heterocycles. The molecule has 0 amide bonds. The maximum Gasteiger partial charge on any atom is 0.291 e. The van der Waals surface area contributed by atoms with Crippen LogP contribution < -0.4 is 14.8 Å². The van der Waals surface area contributed by atoms with Crippen LogP contribution in [0.3, 0.4) is 0 Å². The summed E-state index contributed by atoms with van der Waals surface area (Å²) in [5.41, 5.74) is 0.784. The molecule has 3 aromatic rings. The number of ether oxygens (including phenoxy) is 1. The summed E-state index contributed by atoms with van der Waals surface area (Å²) in [6.45, 7) is 4.07. The molecule has 0 saturated heterocycles. The molecule has 0 bridgehead atoms. The number of fused-ring (bicyclic) bond motifs is 1. The number of rotatable bonds is 4. The topological polar surface area (TPSA) is 56.5 Å². The van der Waals surface area contributed by atoms with Gasteiger partial charge in [-0.05, 0) is 23.8 Å². The van der Waals surface area contributed by atoms with E-state index in [4.69, 9.17) is 4.74 Å². The lowest BCUT2D eigenvalue weighted by molar-refractivity contribution is 0.363. The first-order valence-electron chi connectivity index (χ1n) is 5.96. The number of hydrogen-bond donors (Lipinski definition) is 0. The molecule has 5 nitrogen and oxygen atoms in total. The van der Waals surface area contributed by atoms with Crippen molar-refractivity contribution in [1.29, 1.82) is 0 Å². The molecule has 0 aliphatic carbocycles. The first kappa shape index (κ1) is 12.6. The van der Waals surface area contributed by atoms with Gasteiger partial charge in [-0.1, -0.05) is 36.1 Å². The van der Waals surface area contributed by atoms with E-state index >= 15 is 0 Å². The highest BCUT2D eigenvalue weighted by atomic mass is 32.1. The van der Waals surface area contributed by atoms with Gasteiger partial charge in [-0.3, -0.25) is 4.79 Å². The standard InChI is InChI=1S/C14H11N3O2S/c1-2-7-19-11-5-3-10(4-6-11)8-12-13(18)17-14(20-12)15-9-16-17/h2-6,8-9H,1,7H2/b12-8+. The lowest BCUT2D eigenvalue weighted by atomic mass is 10.2. The monoisotopic (exact) mass is 285 g/mol. The fraction of sp³-hybridized carbons (Fsp3) is 0.0714. The molecule has 0 atom stereocenters. The van der Waals surface area contributed by atoms with Crippen molar-refractivity contribution in [3.63, 3.8) is 0 Å². The summed E-state index contributed by atoms with van der Waals surface area (Å²) in [5.74, 6) is 0.770. The van der Waals surface area contributed by atoms with Crippen molar-refractivity contribution in [2.24, 2.45) is 0 Å². The molecule has 3 rings (SSSR count). The van der Waals surface area contributed by atoms with Crippen LogP contribution in [0, 0.1) is 0 Å². The lowest BCUT2D eigenvalue weighted by Crippen LogP contribution is -2.23. The Kier molecular flexibility index (Phi) is 3.30. The van der Waals surface area contributed by atoms with E-state index in [0.717, 1.165) is 11.3 Å². The maximum absolute atomic E-state index is 12.0. The van der Waals surface area contributed by atoms with Crippen molar-refractivity contribution >= 4 is 22.4 Å². The van der Waals surface area contributed by atoms with E-state index in [9.17, 15) is 4.79 Å². The van der Waals surface area contributed by atoms with Crippen LogP contribution in [0.15, 0.2) is 48.0 Å². The van der Waals surface area contributed by atoms with E-state index < -0.39 is 0 Å². The molecule has 20 heavy (non-hydrogen) atoms. The second-order valence-electron chi connectivity index (χ2n) is 4.04. The average Bonchev–Trinajstić information content (AvgIpc) is 3.03. The molecule has 0 spiro atoms. The van der Waals surface area contributed by atoms with Crippen LogP contribution in [-0.2, 0) is 0 Å². The Bertz CT molecular complexity index is 849. The van der Waals surface area contributed by atoms with Crippen molar-refractivity contribution in [1.82, 2.24) is 14.6 Å². The van der Waals surface area contributed by atoms with E-state index in [2.05, 4.69) is 16.7 Å². The molecule has 0 N–H and O–H groups in total. The Morgan fingerprint density at radius 2 is 2.15 bits per heavy atom. The molecular formula is C14H11N3O2S. The maximum atomic E-state index is 12.0. The molecule has 0 unspecified atom stereocenters. The van der Waals surface area contributed by atoms with Crippen LogP contribution in [-0.4, -0.2) is 21.2 Å². The third kappa shape index (κ3) is 2.33. The van der Waals surface area contributed by atoms with Gasteiger partial charge in [0.05, 0.1) is 4.53 Å². The first-order valence-corrected chi connectivity index (χ1v) is 6.77. The smallest absolute Gasteiger partial charge is 0.291 e. The third-order valence-electron chi connectivity index (χ3n) is 2.67. The van der Waals surface area contributed by atoms with E-state index in [0.29, 0.717) is 16.1 Å². The first-order chi connectivity index (χ1) is 9.78. The summed E-state index contributed by atoms with van der Waals surface area (Å²) < 4.78 is 7.32. The molecular weight excluding hydrogens is 274 g/mol. The van der Waals surface area contributed by atoms with Gasteiger partial charge < -0.3 is 4.74 Å². The van der Waals surface area contributed by atoms with E-state index in [-0.39, 0.29) is 5.56 Å². The van der Waals surface area contributed by atoms with Crippen molar-refractivity contribution in [3.8, 4) is 5.75 Å². The van der Waals surface area contributed by atoms with Gasteiger partial charge in [0.15, 0.2) is 0 Å². The van der Waals surface area contributed by atoms with E-state index in [1.165, 1.54) is 22.2 Å². The van der Waals surface area contributed by atoms with Crippen LogP contribution in [0.4, 0.5) is 0 Å². The van der Waals surface area contributed by atoms with E-state index in [1.807, 2.05) is 30.3 Å². The highest BCUT2D eigenvalue weighted by Gasteiger charge is 2.04. The van der Waals surface area contributed by atoms with Crippen molar-refractivity contribution < 1.29 is 4.74 Å². The minimum Gasteiger partial charge on any atom is -0.490 e. The fourth-order valence-electron chi connectivity index (χ4n) is 1.74. The Morgan fingerprint density at radius 1 is 1.35 bits per heavy atom. The molecule has 1 aromatic carbocycles. The quantitative estimate of drug-likeness (QED) is 0.677. The molecule has 0 fully saturated rings. The largest absolute Gasteiger partial charge is 0.490 e. The van der Waals surface area contributed by atoms with Gasteiger partial charge in [-0.25, -0.2) is 4.98 Å². The Balaban J connectivity index is 1.95. The van der Waals surface area contributed by atoms with Gasteiger partial charge in [-0.2, -0.15) is 9.61 Å².